The average molecular weight is 369 g/mol. The monoisotopic (exact) mass is 369 g/mol. The van der Waals surface area contributed by atoms with Crippen LogP contribution in [-0.2, 0) is 4.74 Å². The summed E-state index contributed by atoms with van der Waals surface area (Å²) in [4.78, 5) is 29.6. The third-order valence-electron chi connectivity index (χ3n) is 5.02. The van der Waals surface area contributed by atoms with Crippen LogP contribution in [0.4, 0.5) is 0 Å². The van der Waals surface area contributed by atoms with Crippen molar-refractivity contribution in [3.05, 3.63) is 58.5 Å². The number of H-pyrrole nitrogens is 1. The molecule has 1 aliphatic heterocycles. The smallest absolute Gasteiger partial charge is 0.255 e. The standard InChI is InChI=1S/C21H27N3O3/c1-27-12-11-24-10-4-5-16(15-24)14-23-20(25)18-7-2-6-17(13-18)19-8-3-9-22-21(19)26/h2-3,6-9,13,16H,4-5,10-12,14-15H2,1H3,(H,22,26)(H,23,25)/t16-/m1/s1. The third-order valence-corrected chi connectivity index (χ3v) is 5.02. The van der Waals surface area contributed by atoms with E-state index >= 15 is 0 Å². The summed E-state index contributed by atoms with van der Waals surface area (Å²) < 4.78 is 5.16. The first-order valence-electron chi connectivity index (χ1n) is 9.45. The maximum atomic E-state index is 12.6. The van der Waals surface area contributed by atoms with Crippen molar-refractivity contribution in [2.75, 3.05) is 39.9 Å². The van der Waals surface area contributed by atoms with Gasteiger partial charge in [-0.15, -0.1) is 0 Å². The zero-order valence-corrected chi connectivity index (χ0v) is 15.7. The maximum absolute atomic E-state index is 12.6. The van der Waals surface area contributed by atoms with Crippen LogP contribution in [0.15, 0.2) is 47.4 Å². The number of carbonyl (C=O) groups is 1. The molecule has 1 aliphatic rings. The van der Waals surface area contributed by atoms with Crippen LogP contribution in [0, 0.1) is 5.92 Å². The highest BCUT2D eigenvalue weighted by atomic mass is 16.5. The molecule has 0 bridgehead atoms. The summed E-state index contributed by atoms with van der Waals surface area (Å²) in [5, 5.41) is 3.06. The summed E-state index contributed by atoms with van der Waals surface area (Å²) in [6.07, 6.45) is 3.88. The second kappa shape index (κ2) is 9.48. The van der Waals surface area contributed by atoms with Crippen molar-refractivity contribution in [2.24, 2.45) is 5.92 Å². The van der Waals surface area contributed by atoms with Gasteiger partial charge in [-0.05, 0) is 55.1 Å². The number of aromatic amines is 1. The molecule has 144 valence electrons. The molecular formula is C21H27N3O3. The van der Waals surface area contributed by atoms with Crippen LogP contribution in [0.25, 0.3) is 11.1 Å². The molecule has 2 aromatic rings. The van der Waals surface area contributed by atoms with Gasteiger partial charge in [0.2, 0.25) is 0 Å². The third kappa shape index (κ3) is 5.28. The molecule has 1 atom stereocenters. The van der Waals surface area contributed by atoms with Gasteiger partial charge in [-0.3, -0.25) is 9.59 Å². The van der Waals surface area contributed by atoms with E-state index in [9.17, 15) is 9.59 Å². The Bertz CT molecular complexity index is 818. The molecule has 6 heteroatoms. The molecule has 1 aromatic heterocycles. The Morgan fingerprint density at radius 3 is 3.04 bits per heavy atom. The summed E-state index contributed by atoms with van der Waals surface area (Å²) in [6.45, 7) is 4.43. The second-order valence-corrected chi connectivity index (χ2v) is 7.01. The minimum absolute atomic E-state index is 0.0989. The predicted octanol–water partition coefficient (Wildman–Crippen LogP) is 2.13. The lowest BCUT2D eigenvalue weighted by molar-refractivity contribution is 0.0913. The molecule has 2 N–H and O–H groups in total. The molecule has 0 unspecified atom stereocenters. The fourth-order valence-electron chi connectivity index (χ4n) is 3.56. The van der Waals surface area contributed by atoms with Crippen molar-refractivity contribution in [1.82, 2.24) is 15.2 Å². The normalized spacial score (nSPS) is 17.6. The fourth-order valence-corrected chi connectivity index (χ4v) is 3.56. The van der Waals surface area contributed by atoms with E-state index in [1.165, 1.54) is 0 Å². The molecule has 6 nitrogen and oxygen atoms in total. The number of aromatic nitrogens is 1. The number of piperidine rings is 1. The molecule has 0 radical (unpaired) electrons. The number of pyridine rings is 1. The lowest BCUT2D eigenvalue weighted by Crippen LogP contribution is -2.42. The van der Waals surface area contributed by atoms with Gasteiger partial charge in [0, 0.05) is 44.1 Å². The minimum Gasteiger partial charge on any atom is -0.383 e. The van der Waals surface area contributed by atoms with Gasteiger partial charge in [0.25, 0.3) is 11.5 Å². The first kappa shape index (κ1) is 19.3. The quantitative estimate of drug-likeness (QED) is 0.784. The van der Waals surface area contributed by atoms with Crippen molar-refractivity contribution < 1.29 is 9.53 Å². The summed E-state index contributed by atoms with van der Waals surface area (Å²) >= 11 is 0. The number of carbonyl (C=O) groups excluding carboxylic acids is 1. The first-order valence-corrected chi connectivity index (χ1v) is 9.45. The highest BCUT2D eigenvalue weighted by molar-refractivity contribution is 5.95. The van der Waals surface area contributed by atoms with E-state index in [0.29, 0.717) is 23.6 Å². The van der Waals surface area contributed by atoms with Crippen molar-refractivity contribution in [3.8, 4) is 11.1 Å². The van der Waals surface area contributed by atoms with E-state index < -0.39 is 0 Å². The first-order chi connectivity index (χ1) is 13.2. The van der Waals surface area contributed by atoms with E-state index in [1.807, 2.05) is 12.1 Å². The molecular weight excluding hydrogens is 342 g/mol. The number of ether oxygens (including phenoxy) is 1. The number of rotatable bonds is 7. The molecule has 0 spiro atoms. The van der Waals surface area contributed by atoms with E-state index in [1.54, 1.807) is 37.6 Å². The molecule has 0 aliphatic carbocycles. The van der Waals surface area contributed by atoms with Gasteiger partial charge in [-0.2, -0.15) is 0 Å². The van der Waals surface area contributed by atoms with Crippen molar-refractivity contribution in [2.45, 2.75) is 12.8 Å². The van der Waals surface area contributed by atoms with Crippen LogP contribution in [-0.4, -0.2) is 55.7 Å². The Balaban J connectivity index is 1.59. The zero-order valence-electron chi connectivity index (χ0n) is 15.7. The Morgan fingerprint density at radius 2 is 2.22 bits per heavy atom. The van der Waals surface area contributed by atoms with Crippen LogP contribution in [0.1, 0.15) is 23.2 Å². The van der Waals surface area contributed by atoms with E-state index in [4.69, 9.17) is 4.74 Å². The Labute approximate surface area is 159 Å². The largest absolute Gasteiger partial charge is 0.383 e. The van der Waals surface area contributed by atoms with Gasteiger partial charge < -0.3 is 19.9 Å². The molecule has 0 saturated carbocycles. The maximum Gasteiger partial charge on any atom is 0.255 e. The lowest BCUT2D eigenvalue weighted by Gasteiger charge is -2.32. The molecule has 2 heterocycles. The number of methoxy groups -OCH3 is 1. The molecule has 1 saturated heterocycles. The van der Waals surface area contributed by atoms with Crippen molar-refractivity contribution in [3.63, 3.8) is 0 Å². The molecule has 27 heavy (non-hydrogen) atoms. The average Bonchev–Trinajstić information content (AvgIpc) is 2.71. The molecule has 1 fully saturated rings. The molecule has 1 amide bonds. The minimum atomic E-state index is -0.159. The van der Waals surface area contributed by atoms with E-state index in [0.717, 1.165) is 44.6 Å². The van der Waals surface area contributed by atoms with Crippen LogP contribution in [0.2, 0.25) is 0 Å². The fraction of sp³-hybridized carbons (Fsp3) is 0.429. The lowest BCUT2D eigenvalue weighted by atomic mass is 9.97. The van der Waals surface area contributed by atoms with Crippen LogP contribution >= 0.6 is 0 Å². The topological polar surface area (TPSA) is 74.4 Å². The summed E-state index contributed by atoms with van der Waals surface area (Å²) in [5.74, 6) is 0.359. The zero-order chi connectivity index (χ0) is 19.1. The van der Waals surface area contributed by atoms with Crippen LogP contribution in [0.5, 0.6) is 0 Å². The van der Waals surface area contributed by atoms with Gasteiger partial charge in [0.15, 0.2) is 0 Å². The molecule has 1 aromatic carbocycles. The van der Waals surface area contributed by atoms with Crippen molar-refractivity contribution in [1.29, 1.82) is 0 Å². The number of likely N-dealkylation sites (tertiary alicyclic amines) is 1. The second-order valence-electron chi connectivity index (χ2n) is 7.01. The van der Waals surface area contributed by atoms with Gasteiger partial charge in [-0.1, -0.05) is 12.1 Å². The van der Waals surface area contributed by atoms with Crippen LogP contribution in [0.3, 0.4) is 0 Å². The summed E-state index contributed by atoms with van der Waals surface area (Å²) in [7, 11) is 1.72. The van der Waals surface area contributed by atoms with Gasteiger partial charge in [0.1, 0.15) is 0 Å². The molecule has 3 rings (SSSR count). The number of hydrogen-bond acceptors (Lipinski definition) is 4. The van der Waals surface area contributed by atoms with Gasteiger partial charge in [-0.25, -0.2) is 0 Å². The number of nitrogens with zero attached hydrogens (tertiary/aromatic N) is 1. The van der Waals surface area contributed by atoms with Crippen LogP contribution < -0.4 is 10.9 Å². The van der Waals surface area contributed by atoms with Crippen molar-refractivity contribution >= 4 is 5.91 Å². The highest BCUT2D eigenvalue weighted by Crippen LogP contribution is 2.18. The Kier molecular flexibility index (Phi) is 6.79. The Hall–Kier alpha value is -2.44. The number of hydrogen-bond donors (Lipinski definition) is 2. The van der Waals surface area contributed by atoms with Gasteiger partial charge in [0.05, 0.1) is 6.61 Å². The number of amides is 1. The highest BCUT2D eigenvalue weighted by Gasteiger charge is 2.20. The SMILES string of the molecule is COCCN1CCC[C@H](CNC(=O)c2cccc(-c3ccc[nH]c3=O)c2)C1. The summed E-state index contributed by atoms with van der Waals surface area (Å²) in [5.41, 5.74) is 1.72. The van der Waals surface area contributed by atoms with Gasteiger partial charge >= 0.3 is 0 Å². The number of nitrogens with one attached hydrogen (secondary N) is 2. The predicted molar refractivity (Wildman–Crippen MR) is 106 cm³/mol. The van der Waals surface area contributed by atoms with E-state index in [-0.39, 0.29) is 11.5 Å². The summed E-state index contributed by atoms with van der Waals surface area (Å²) in [6, 6.07) is 10.7. The van der Waals surface area contributed by atoms with E-state index in [2.05, 4.69) is 15.2 Å². The Morgan fingerprint density at radius 1 is 1.33 bits per heavy atom. The number of benzene rings is 1.